The Morgan fingerprint density at radius 1 is 1.58 bits per heavy atom. The summed E-state index contributed by atoms with van der Waals surface area (Å²) in [5.41, 5.74) is 0. The Kier molecular flexibility index (Phi) is 3.12. The van der Waals surface area contributed by atoms with Crippen molar-refractivity contribution in [3.63, 3.8) is 0 Å². The van der Waals surface area contributed by atoms with Gasteiger partial charge in [-0.05, 0) is 18.1 Å². The Balaban J connectivity index is 2.65. The minimum atomic E-state index is 0.0360. The lowest BCUT2D eigenvalue weighted by molar-refractivity contribution is 0.110. The molecule has 0 saturated carbocycles. The number of rotatable bonds is 2. The average Bonchev–Trinajstić information content (AvgIpc) is 2.53. The summed E-state index contributed by atoms with van der Waals surface area (Å²) in [6.07, 6.45) is 1.04. The topological polar surface area (TPSA) is 50.4 Å². The quantitative estimate of drug-likeness (QED) is 0.520. The summed E-state index contributed by atoms with van der Waals surface area (Å²) >= 11 is 0. The van der Waals surface area contributed by atoms with E-state index in [2.05, 4.69) is 11.8 Å². The maximum atomic E-state index is 10.2. The lowest BCUT2D eigenvalue weighted by Gasteiger charge is -1.79. The van der Waals surface area contributed by atoms with E-state index < -0.39 is 0 Å². The molecule has 1 rings (SSSR count). The zero-order valence-corrected chi connectivity index (χ0v) is 6.41. The molecule has 1 aromatic heterocycles. The molecule has 1 aromatic rings. The zero-order valence-electron chi connectivity index (χ0n) is 6.41. The monoisotopic (exact) mass is 164 g/mol. The molecule has 1 N–H and O–H groups in total. The van der Waals surface area contributed by atoms with Crippen molar-refractivity contribution in [1.29, 1.82) is 0 Å². The molecule has 0 amide bonds. The van der Waals surface area contributed by atoms with E-state index in [0.717, 1.165) is 0 Å². The second kappa shape index (κ2) is 4.37. The number of hydrogen-bond acceptors (Lipinski definition) is 3. The lowest BCUT2D eigenvalue weighted by atomic mass is 10.4. The van der Waals surface area contributed by atoms with Crippen LogP contribution >= 0.6 is 0 Å². The highest BCUT2D eigenvalue weighted by molar-refractivity contribution is 5.70. The molecule has 0 saturated heterocycles. The Bertz CT molecular complexity index is 314. The fourth-order valence-corrected chi connectivity index (χ4v) is 0.689. The first-order valence-electron chi connectivity index (χ1n) is 3.51. The van der Waals surface area contributed by atoms with Crippen LogP contribution < -0.4 is 0 Å². The van der Waals surface area contributed by atoms with Crippen LogP contribution in [0.2, 0.25) is 0 Å². The van der Waals surface area contributed by atoms with Crippen LogP contribution in [0.15, 0.2) is 16.5 Å². The molecule has 0 bridgehead atoms. The van der Waals surface area contributed by atoms with E-state index in [4.69, 9.17) is 9.52 Å². The van der Waals surface area contributed by atoms with Crippen LogP contribution in [0.4, 0.5) is 0 Å². The largest absolute Gasteiger partial charge is 0.445 e. The predicted octanol–water partition coefficient (Wildman–Crippen LogP) is 0.826. The number of aliphatic hydroxyl groups excluding tert-OH is 1. The van der Waals surface area contributed by atoms with Gasteiger partial charge >= 0.3 is 0 Å². The molecular formula is C9H8O3. The molecule has 0 aliphatic rings. The molecular weight excluding hydrogens is 156 g/mol. The summed E-state index contributed by atoms with van der Waals surface area (Å²) in [7, 11) is 0. The van der Waals surface area contributed by atoms with Crippen LogP contribution in [0.25, 0.3) is 0 Å². The molecule has 0 aromatic carbocycles. The maximum Gasteiger partial charge on any atom is 0.185 e. The second-order valence-corrected chi connectivity index (χ2v) is 2.10. The summed E-state index contributed by atoms with van der Waals surface area (Å²) in [6, 6.07) is 3.17. The van der Waals surface area contributed by atoms with Gasteiger partial charge in [0.15, 0.2) is 17.8 Å². The third-order valence-electron chi connectivity index (χ3n) is 1.19. The van der Waals surface area contributed by atoms with Crippen LogP contribution in [0.1, 0.15) is 22.7 Å². The van der Waals surface area contributed by atoms with Gasteiger partial charge < -0.3 is 9.52 Å². The van der Waals surface area contributed by atoms with Crippen LogP contribution in [-0.2, 0) is 0 Å². The number of carbonyl (C=O) groups excluding carboxylic acids is 1. The molecule has 3 heteroatoms. The van der Waals surface area contributed by atoms with E-state index in [1.807, 2.05) is 0 Å². The number of furan rings is 1. The van der Waals surface area contributed by atoms with E-state index in [1.165, 1.54) is 0 Å². The second-order valence-electron chi connectivity index (χ2n) is 2.10. The molecule has 0 spiro atoms. The third-order valence-corrected chi connectivity index (χ3v) is 1.19. The van der Waals surface area contributed by atoms with Gasteiger partial charge in [0.25, 0.3) is 0 Å². The van der Waals surface area contributed by atoms with E-state index in [-0.39, 0.29) is 12.4 Å². The molecule has 1 heterocycles. The number of carbonyl (C=O) groups is 1. The first-order valence-corrected chi connectivity index (χ1v) is 3.51. The highest BCUT2D eigenvalue weighted by atomic mass is 16.3. The third kappa shape index (κ3) is 2.26. The van der Waals surface area contributed by atoms with E-state index in [9.17, 15) is 4.79 Å². The molecule has 3 nitrogen and oxygen atoms in total. The van der Waals surface area contributed by atoms with Gasteiger partial charge in [0.05, 0.1) is 6.61 Å². The summed E-state index contributed by atoms with van der Waals surface area (Å²) in [5.74, 6) is 6.06. The van der Waals surface area contributed by atoms with E-state index in [1.54, 1.807) is 12.1 Å². The number of aldehydes is 1. The van der Waals surface area contributed by atoms with Gasteiger partial charge in [-0.3, -0.25) is 4.79 Å². The summed E-state index contributed by atoms with van der Waals surface area (Å²) in [6.45, 7) is 0.0360. The van der Waals surface area contributed by atoms with Gasteiger partial charge in [-0.25, -0.2) is 0 Å². The Morgan fingerprint density at radius 3 is 3.00 bits per heavy atom. The molecule has 12 heavy (non-hydrogen) atoms. The number of aliphatic hydroxyl groups is 1. The van der Waals surface area contributed by atoms with Crippen molar-refractivity contribution in [1.82, 2.24) is 0 Å². The lowest BCUT2D eigenvalue weighted by Crippen LogP contribution is -1.76. The van der Waals surface area contributed by atoms with Crippen molar-refractivity contribution < 1.29 is 14.3 Å². The van der Waals surface area contributed by atoms with E-state index in [0.29, 0.717) is 18.5 Å². The van der Waals surface area contributed by atoms with Gasteiger partial charge in [-0.2, -0.15) is 0 Å². The normalized spacial score (nSPS) is 8.75. The van der Waals surface area contributed by atoms with E-state index >= 15 is 0 Å². The number of hydrogen-bond donors (Lipinski definition) is 1. The van der Waals surface area contributed by atoms with Crippen LogP contribution in [0.3, 0.4) is 0 Å². The zero-order chi connectivity index (χ0) is 8.81. The molecule has 0 aliphatic heterocycles. The summed E-state index contributed by atoms with van der Waals surface area (Å²) in [5, 5.41) is 8.41. The van der Waals surface area contributed by atoms with Gasteiger partial charge in [-0.15, -0.1) is 0 Å². The van der Waals surface area contributed by atoms with Crippen molar-refractivity contribution in [2.75, 3.05) is 6.61 Å². The van der Waals surface area contributed by atoms with Crippen molar-refractivity contribution in [3.05, 3.63) is 23.7 Å². The Labute approximate surface area is 70.0 Å². The summed E-state index contributed by atoms with van der Waals surface area (Å²) in [4.78, 5) is 10.2. The average molecular weight is 164 g/mol. The summed E-state index contributed by atoms with van der Waals surface area (Å²) < 4.78 is 4.96. The van der Waals surface area contributed by atoms with Crippen LogP contribution in [-0.4, -0.2) is 18.0 Å². The van der Waals surface area contributed by atoms with Crippen molar-refractivity contribution >= 4 is 6.29 Å². The minimum absolute atomic E-state index is 0.0360. The Morgan fingerprint density at radius 2 is 2.42 bits per heavy atom. The smallest absolute Gasteiger partial charge is 0.185 e. The fraction of sp³-hybridized carbons (Fsp3) is 0.222. The van der Waals surface area contributed by atoms with Crippen molar-refractivity contribution in [3.8, 4) is 11.8 Å². The fourth-order valence-electron chi connectivity index (χ4n) is 0.689. The van der Waals surface area contributed by atoms with Crippen LogP contribution in [0, 0.1) is 11.8 Å². The Hall–Kier alpha value is -1.53. The molecule has 0 unspecified atom stereocenters. The van der Waals surface area contributed by atoms with Gasteiger partial charge in [-0.1, -0.05) is 5.92 Å². The molecule has 62 valence electrons. The van der Waals surface area contributed by atoms with Crippen LogP contribution in [0.5, 0.6) is 0 Å². The minimum Gasteiger partial charge on any atom is -0.445 e. The van der Waals surface area contributed by atoms with Crippen molar-refractivity contribution in [2.45, 2.75) is 6.42 Å². The predicted molar refractivity (Wildman–Crippen MR) is 42.7 cm³/mol. The van der Waals surface area contributed by atoms with Crippen molar-refractivity contribution in [2.24, 2.45) is 0 Å². The first kappa shape index (κ1) is 8.57. The molecule has 0 atom stereocenters. The SMILES string of the molecule is O=Cc1ccc(C#CCCO)o1. The maximum absolute atomic E-state index is 10.2. The molecule has 0 fully saturated rings. The standard InChI is InChI=1S/C9H8O3/c10-6-2-1-3-8-4-5-9(7-11)12-8/h4-5,7,10H,2,6H2. The first-order chi connectivity index (χ1) is 5.86. The van der Waals surface area contributed by atoms with Gasteiger partial charge in [0.2, 0.25) is 0 Å². The molecule has 0 aliphatic carbocycles. The molecule has 0 radical (unpaired) electrons. The highest BCUT2D eigenvalue weighted by Gasteiger charge is 1.95. The van der Waals surface area contributed by atoms with Gasteiger partial charge in [0.1, 0.15) is 0 Å². The highest BCUT2D eigenvalue weighted by Crippen LogP contribution is 2.03. The van der Waals surface area contributed by atoms with Gasteiger partial charge in [0, 0.05) is 6.42 Å².